The molecule has 0 N–H and O–H groups in total. The summed E-state index contributed by atoms with van der Waals surface area (Å²) in [7, 11) is 9.14. The quantitative estimate of drug-likeness (QED) is 0.171. The summed E-state index contributed by atoms with van der Waals surface area (Å²) in [6.45, 7) is 8.16. The van der Waals surface area contributed by atoms with E-state index in [0.29, 0.717) is 17.5 Å². The van der Waals surface area contributed by atoms with Crippen LogP contribution in [0.15, 0.2) is 47.6 Å². The zero-order valence-corrected chi connectivity index (χ0v) is 37.3. The molecule has 7 rings (SSSR count). The molecule has 0 bridgehead atoms. The number of nitrogens with zero attached hydrogens (tertiary/aromatic N) is 1. The number of allylic oxidation sites excluding steroid dienone is 3. The van der Waals surface area contributed by atoms with Crippen LogP contribution in [-0.4, -0.2) is 120 Å². The lowest BCUT2D eigenvalue weighted by molar-refractivity contribution is -0.314. The number of benzene rings is 1. The largest absolute Gasteiger partial charge is 0.462 e. The Labute approximate surface area is 356 Å². The van der Waals surface area contributed by atoms with Gasteiger partial charge in [-0.25, -0.2) is 0 Å². The van der Waals surface area contributed by atoms with E-state index in [1.165, 1.54) is 5.57 Å². The Kier molecular flexibility index (Phi) is 14.8. The van der Waals surface area contributed by atoms with Crippen molar-refractivity contribution in [3.8, 4) is 0 Å². The Balaban J connectivity index is 1.21. The number of ether oxygens (including phenoxy) is 8. The summed E-state index contributed by atoms with van der Waals surface area (Å²) in [6, 6.07) is 8.34. The molecule has 59 heavy (non-hydrogen) atoms. The highest BCUT2D eigenvalue weighted by atomic mass is 35.5. The Morgan fingerprint density at radius 1 is 0.814 bits per heavy atom. The van der Waals surface area contributed by atoms with Crippen LogP contribution in [0.25, 0.3) is 0 Å². The first kappa shape index (κ1) is 44.9. The minimum Gasteiger partial charge on any atom is -0.462 e. The highest BCUT2D eigenvalue weighted by Gasteiger charge is 2.54. The molecule has 328 valence electrons. The van der Waals surface area contributed by atoms with Crippen LogP contribution in [0.2, 0.25) is 5.02 Å². The number of cyclic esters (lactones) is 1. The van der Waals surface area contributed by atoms with Gasteiger partial charge in [0.1, 0.15) is 24.4 Å². The van der Waals surface area contributed by atoms with E-state index >= 15 is 4.79 Å². The van der Waals surface area contributed by atoms with Crippen LogP contribution < -0.4 is 0 Å². The Morgan fingerprint density at radius 2 is 1.54 bits per heavy atom. The smallest absolute Gasteiger partial charge is 0.306 e. The summed E-state index contributed by atoms with van der Waals surface area (Å²) in [5.41, 5.74) is 3.14. The molecule has 4 fully saturated rings. The predicted octanol–water partition coefficient (Wildman–Crippen LogP) is 7.68. The van der Waals surface area contributed by atoms with Gasteiger partial charge < -0.3 is 42.8 Å². The van der Waals surface area contributed by atoms with Crippen molar-refractivity contribution in [1.82, 2.24) is 4.90 Å². The number of Topliss-reactive ketones (excluding diaryl/α,β-unsaturated/α-hetero) is 1. The summed E-state index contributed by atoms with van der Waals surface area (Å²) in [4.78, 5) is 31.3. The maximum absolute atomic E-state index is 15.1. The standard InChI is InChI=1S/C47H68ClNO10/c1-10-31-12-11-13-39(59-41-19-18-38(49(5)6)26(3)55-41)25(2)43(51)37-23-35-33-22-32(58-47-46(54-9)45(53-8)44(52-7)27(4)56-47)20-29(33)21-34(28-14-16-30(48)17-15-28)42(35)36(37)24-40(50)57-31/h14-17,21,23,25-27,31-36,38-39,41-42,44-47H,10-13,18-20,22,24H2,1-9H3/t25-,26?,27?,31+,32-,33-,34?,35+,36-,38+,39+,41+,42?,44+,45?,46+,47+/m1/s1. The Morgan fingerprint density at radius 3 is 2.20 bits per heavy atom. The first-order valence-electron chi connectivity index (χ1n) is 22.1. The average molecular weight is 843 g/mol. The number of esters is 1. The summed E-state index contributed by atoms with van der Waals surface area (Å²) in [6.07, 6.45) is 7.75. The molecule has 6 aliphatic rings. The maximum atomic E-state index is 15.1. The van der Waals surface area contributed by atoms with Gasteiger partial charge in [0.15, 0.2) is 18.4 Å². The number of hydrogen-bond donors (Lipinski definition) is 0. The van der Waals surface area contributed by atoms with Gasteiger partial charge in [0.25, 0.3) is 0 Å². The summed E-state index contributed by atoms with van der Waals surface area (Å²) in [5.74, 6) is -0.932. The van der Waals surface area contributed by atoms with Crippen LogP contribution in [0.4, 0.5) is 0 Å². The molecule has 3 aliphatic heterocycles. The first-order chi connectivity index (χ1) is 28.3. The van der Waals surface area contributed by atoms with Crippen LogP contribution >= 0.6 is 11.6 Å². The fraction of sp³-hybridized carbons (Fsp3) is 0.745. The third kappa shape index (κ3) is 9.44. The number of fused-ring (bicyclic) bond motifs is 5. The van der Waals surface area contributed by atoms with Crippen molar-refractivity contribution >= 4 is 23.4 Å². The number of methoxy groups -OCH3 is 3. The lowest BCUT2D eigenvalue weighted by Gasteiger charge is -2.44. The molecule has 1 saturated carbocycles. The number of carbonyl (C=O) groups excluding carboxylic acids is 2. The van der Waals surface area contributed by atoms with Crippen LogP contribution in [0.5, 0.6) is 0 Å². The molecule has 3 aliphatic carbocycles. The van der Waals surface area contributed by atoms with Crippen LogP contribution in [-0.2, 0) is 47.5 Å². The van der Waals surface area contributed by atoms with E-state index in [1.54, 1.807) is 21.3 Å². The minimum atomic E-state index is -0.651. The van der Waals surface area contributed by atoms with E-state index in [0.717, 1.165) is 56.1 Å². The second-order valence-electron chi connectivity index (χ2n) is 18.2. The first-order valence-corrected chi connectivity index (χ1v) is 22.5. The second kappa shape index (κ2) is 19.5. The van der Waals surface area contributed by atoms with E-state index in [4.69, 9.17) is 49.5 Å². The SMILES string of the molecule is CC[C@H]1CCC[C@H](O[C@H]2CC[C@H](N(C)C)C(C)O2)[C@@H](C)C(=O)C2=C[C@@H]3C(C(c4ccc(Cl)cc4)C=C4C[C@@H](O[C@@H]5OC(C)[C@H](OC)C(OC)[C@@H]5OC)C[C@H]43)[C@@H]2CC(=O)O1. The van der Waals surface area contributed by atoms with Crippen molar-refractivity contribution in [1.29, 1.82) is 0 Å². The van der Waals surface area contributed by atoms with Gasteiger partial charge in [-0.1, -0.05) is 55.3 Å². The summed E-state index contributed by atoms with van der Waals surface area (Å²) >= 11 is 6.43. The minimum absolute atomic E-state index is 0.000735. The van der Waals surface area contributed by atoms with E-state index in [2.05, 4.69) is 57.1 Å². The Bertz CT molecular complexity index is 1670. The third-order valence-electron chi connectivity index (χ3n) is 14.5. The molecule has 5 unspecified atom stereocenters. The molecule has 1 aromatic rings. The van der Waals surface area contributed by atoms with Gasteiger partial charge in [0.05, 0.1) is 30.8 Å². The molecule has 0 aromatic heterocycles. The lowest BCUT2D eigenvalue weighted by Crippen LogP contribution is -2.59. The number of carbonyl (C=O) groups is 2. The summed E-state index contributed by atoms with van der Waals surface area (Å²) < 4.78 is 50.3. The molecule has 0 amide bonds. The van der Waals surface area contributed by atoms with E-state index in [9.17, 15) is 4.79 Å². The van der Waals surface area contributed by atoms with E-state index in [1.807, 2.05) is 26.0 Å². The van der Waals surface area contributed by atoms with Gasteiger partial charge in [-0.3, -0.25) is 9.59 Å². The van der Waals surface area contributed by atoms with Crippen LogP contribution in [0.1, 0.15) is 97.0 Å². The fourth-order valence-corrected chi connectivity index (χ4v) is 11.6. The van der Waals surface area contributed by atoms with Crippen molar-refractivity contribution in [2.45, 2.75) is 159 Å². The summed E-state index contributed by atoms with van der Waals surface area (Å²) in [5, 5.41) is 0.662. The average Bonchev–Trinajstić information content (AvgIpc) is 3.79. The fourth-order valence-electron chi connectivity index (χ4n) is 11.5. The van der Waals surface area contributed by atoms with Crippen molar-refractivity contribution in [2.24, 2.45) is 29.6 Å². The van der Waals surface area contributed by atoms with Gasteiger partial charge in [0.2, 0.25) is 0 Å². The topological polar surface area (TPSA) is 111 Å². The number of rotatable bonds is 10. The van der Waals surface area contributed by atoms with E-state index < -0.39 is 18.3 Å². The highest BCUT2D eigenvalue weighted by molar-refractivity contribution is 6.30. The van der Waals surface area contributed by atoms with Gasteiger partial charge in [-0.2, -0.15) is 0 Å². The molecule has 11 nitrogen and oxygen atoms in total. The van der Waals surface area contributed by atoms with E-state index in [-0.39, 0.29) is 96.8 Å². The molecule has 0 spiro atoms. The van der Waals surface area contributed by atoms with Crippen molar-refractivity contribution in [3.63, 3.8) is 0 Å². The highest BCUT2D eigenvalue weighted by Crippen LogP contribution is 2.59. The molecule has 0 radical (unpaired) electrons. The van der Waals surface area contributed by atoms with Gasteiger partial charge in [0, 0.05) is 50.1 Å². The van der Waals surface area contributed by atoms with Crippen molar-refractivity contribution in [3.05, 3.63) is 58.1 Å². The van der Waals surface area contributed by atoms with Crippen molar-refractivity contribution < 1.29 is 47.5 Å². The van der Waals surface area contributed by atoms with Gasteiger partial charge in [-0.15, -0.1) is 0 Å². The number of hydrogen-bond acceptors (Lipinski definition) is 11. The second-order valence-corrected chi connectivity index (χ2v) is 18.6. The number of likely N-dealkylation sites (N-methyl/N-ethyl adjacent to an activating group) is 1. The molecule has 1 aromatic carbocycles. The monoisotopic (exact) mass is 841 g/mol. The van der Waals surface area contributed by atoms with Gasteiger partial charge >= 0.3 is 5.97 Å². The zero-order chi connectivity index (χ0) is 42.1. The van der Waals surface area contributed by atoms with Crippen molar-refractivity contribution in [2.75, 3.05) is 35.4 Å². The van der Waals surface area contributed by atoms with Crippen LogP contribution in [0, 0.1) is 29.6 Å². The molecule has 3 heterocycles. The molecule has 17 atom stereocenters. The van der Waals surface area contributed by atoms with Gasteiger partial charge in [-0.05, 0) is 120 Å². The molecule has 3 saturated heterocycles. The predicted molar refractivity (Wildman–Crippen MR) is 224 cm³/mol. The number of ketones is 1. The maximum Gasteiger partial charge on any atom is 0.306 e. The van der Waals surface area contributed by atoms with Crippen LogP contribution in [0.3, 0.4) is 0 Å². The number of halogens is 1. The zero-order valence-electron chi connectivity index (χ0n) is 36.6. The lowest BCUT2D eigenvalue weighted by atomic mass is 9.64. The third-order valence-corrected chi connectivity index (χ3v) is 14.8. The molecular formula is C47H68ClNO10. The molecular weight excluding hydrogens is 774 g/mol. The molecule has 12 heteroatoms. The Hall–Kier alpha value is -2.19. The normalized spacial score (nSPS) is 41.8.